The van der Waals surface area contributed by atoms with E-state index < -0.39 is 6.17 Å². The summed E-state index contributed by atoms with van der Waals surface area (Å²) in [7, 11) is 4.15. The van der Waals surface area contributed by atoms with Gasteiger partial charge < -0.3 is 19.6 Å². The molecule has 0 bridgehead atoms. The minimum atomic E-state index is -0.831. The van der Waals surface area contributed by atoms with Gasteiger partial charge in [0.05, 0.1) is 36.6 Å². The van der Waals surface area contributed by atoms with E-state index in [1.165, 1.54) is 0 Å². The van der Waals surface area contributed by atoms with E-state index in [2.05, 4.69) is 32.0 Å². The van der Waals surface area contributed by atoms with Crippen molar-refractivity contribution in [1.82, 2.24) is 19.8 Å². The van der Waals surface area contributed by atoms with Crippen LogP contribution in [0.25, 0.3) is 16.3 Å². The first kappa shape index (κ1) is 28.6. The Morgan fingerprint density at radius 3 is 2.74 bits per heavy atom. The predicted molar refractivity (Wildman–Crippen MR) is 162 cm³/mol. The number of nitrogens with zero attached hydrogens (tertiary/aromatic N) is 4. The van der Waals surface area contributed by atoms with Gasteiger partial charge in [0.1, 0.15) is 11.9 Å². The van der Waals surface area contributed by atoms with Crippen LogP contribution in [0.4, 0.5) is 4.39 Å². The summed E-state index contributed by atoms with van der Waals surface area (Å²) in [6.07, 6.45) is 6.04. The number of aromatic hydroxyl groups is 1. The zero-order valence-electron chi connectivity index (χ0n) is 25.1. The second kappa shape index (κ2) is 11.3. The molecule has 3 aliphatic rings. The molecule has 0 spiro atoms. The van der Waals surface area contributed by atoms with Crippen molar-refractivity contribution in [2.24, 2.45) is 11.3 Å². The predicted octanol–water partition coefficient (Wildman–Crippen LogP) is 6.45. The summed E-state index contributed by atoms with van der Waals surface area (Å²) in [6.45, 7) is 6.27. The number of ether oxygens (including phenoxy) is 1. The Bertz CT molecular complexity index is 1550. The van der Waals surface area contributed by atoms with Crippen LogP contribution in [0.5, 0.6) is 11.8 Å². The Hall–Kier alpha value is -3.52. The fourth-order valence-electron chi connectivity index (χ4n) is 6.67. The lowest BCUT2D eigenvalue weighted by atomic mass is 9.90. The Balaban J connectivity index is 1.35. The van der Waals surface area contributed by atoms with Crippen LogP contribution in [-0.2, 0) is 13.1 Å². The number of alkyl halides is 1. The number of rotatable bonds is 7. The van der Waals surface area contributed by atoms with Crippen molar-refractivity contribution in [2.75, 3.05) is 27.2 Å². The number of amides is 1. The molecule has 2 aromatic carbocycles. The molecule has 1 unspecified atom stereocenters. The number of aromatic nitrogens is 2. The smallest absolute Gasteiger partial charge is 0.317 e. The summed E-state index contributed by atoms with van der Waals surface area (Å²) in [6, 6.07) is 9.39. The number of aryl methyl sites for hydroxylation is 1. The number of phenolic OH excluding ortho intramolecular Hbond substituents is 1. The number of carbonyl (C=O) groups excluding carboxylic acids is 1. The van der Waals surface area contributed by atoms with Gasteiger partial charge in [-0.3, -0.25) is 4.79 Å². The normalized spacial score (nSPS) is 22.8. The molecular weight excluding hydrogens is 531 g/mol. The molecule has 1 N–H and O–H groups in total. The summed E-state index contributed by atoms with van der Waals surface area (Å²) < 4.78 is 20.9. The van der Waals surface area contributed by atoms with Gasteiger partial charge in [-0.1, -0.05) is 31.2 Å². The molecule has 0 saturated heterocycles. The van der Waals surface area contributed by atoms with Gasteiger partial charge in [-0.15, -0.1) is 0 Å². The molecule has 8 heteroatoms. The number of carbonyl (C=O) groups is 1. The Morgan fingerprint density at radius 1 is 1.17 bits per heavy atom. The minimum Gasteiger partial charge on any atom is -0.508 e. The number of fused-ring (bicyclic) bond motifs is 2. The molecule has 3 aromatic rings. The van der Waals surface area contributed by atoms with E-state index in [0.717, 1.165) is 64.7 Å². The van der Waals surface area contributed by atoms with Crippen LogP contribution in [0.15, 0.2) is 36.4 Å². The van der Waals surface area contributed by atoms with Gasteiger partial charge in [0.2, 0.25) is 0 Å². The van der Waals surface area contributed by atoms with E-state index in [4.69, 9.17) is 14.7 Å². The van der Waals surface area contributed by atoms with Gasteiger partial charge in [0.25, 0.3) is 5.91 Å². The van der Waals surface area contributed by atoms with Crippen molar-refractivity contribution < 1.29 is 19.0 Å². The molecule has 42 heavy (non-hydrogen) atoms. The molecule has 222 valence electrons. The van der Waals surface area contributed by atoms with Crippen molar-refractivity contribution in [2.45, 2.75) is 71.6 Å². The standard InChI is InChI=1S/C34H41FN4O3/c1-21-8-10-25(35)11-9-24(14-21)31-28-17-39(32(41)27-16-26(40)15-23-7-5-6-22(2)30(23)27)18-29(28)36-33(37-31)42-20-34(12-13-34)19-38(3)4/h5-7,14-16,21,25,40H,8-13,17-20H2,1-4H3/b24-14-/t21-,25?/m1/s1. The van der Waals surface area contributed by atoms with Crippen LogP contribution in [-0.4, -0.2) is 64.2 Å². The second-order valence-corrected chi connectivity index (χ2v) is 13.0. The molecule has 1 aliphatic heterocycles. The van der Waals surface area contributed by atoms with Gasteiger partial charge >= 0.3 is 6.01 Å². The summed E-state index contributed by atoms with van der Waals surface area (Å²) in [5.41, 5.74) is 5.04. The van der Waals surface area contributed by atoms with Crippen LogP contribution in [0.3, 0.4) is 0 Å². The maximum atomic E-state index is 14.6. The Morgan fingerprint density at radius 2 is 1.98 bits per heavy atom. The first-order valence-corrected chi connectivity index (χ1v) is 15.1. The molecule has 6 rings (SSSR count). The number of halogens is 1. The van der Waals surface area contributed by atoms with Gasteiger partial charge in [-0.05, 0) is 99.5 Å². The first-order valence-electron chi connectivity index (χ1n) is 15.1. The monoisotopic (exact) mass is 572 g/mol. The van der Waals surface area contributed by atoms with E-state index in [-0.39, 0.29) is 23.0 Å². The van der Waals surface area contributed by atoms with E-state index in [1.807, 2.05) is 25.1 Å². The largest absolute Gasteiger partial charge is 0.508 e. The average molecular weight is 573 g/mol. The summed E-state index contributed by atoms with van der Waals surface area (Å²) in [4.78, 5) is 27.8. The number of hydrogen-bond donors (Lipinski definition) is 1. The van der Waals surface area contributed by atoms with Crippen LogP contribution < -0.4 is 4.74 Å². The highest BCUT2D eigenvalue weighted by Gasteiger charge is 2.44. The first-order chi connectivity index (χ1) is 20.1. The fraction of sp³-hybridized carbons (Fsp3) is 0.500. The molecular formula is C34H41FN4O3. The molecule has 1 fully saturated rings. The maximum absolute atomic E-state index is 14.6. The summed E-state index contributed by atoms with van der Waals surface area (Å²) >= 11 is 0. The summed E-state index contributed by atoms with van der Waals surface area (Å²) in [5, 5.41) is 12.1. The third kappa shape index (κ3) is 5.87. The maximum Gasteiger partial charge on any atom is 0.317 e. The third-order valence-electron chi connectivity index (χ3n) is 9.02. The second-order valence-electron chi connectivity index (χ2n) is 13.0. The van der Waals surface area contributed by atoms with Crippen molar-refractivity contribution >= 4 is 22.3 Å². The van der Waals surface area contributed by atoms with Gasteiger partial charge in [0.15, 0.2) is 0 Å². The number of benzene rings is 2. The van der Waals surface area contributed by atoms with Gasteiger partial charge in [0, 0.05) is 17.5 Å². The average Bonchev–Trinajstić information content (AvgIpc) is 3.56. The van der Waals surface area contributed by atoms with Crippen LogP contribution in [0, 0.1) is 18.3 Å². The van der Waals surface area contributed by atoms with E-state index in [0.29, 0.717) is 50.5 Å². The summed E-state index contributed by atoms with van der Waals surface area (Å²) in [5.74, 6) is 0.123. The Kier molecular flexibility index (Phi) is 7.68. The number of hydrogen-bond acceptors (Lipinski definition) is 6. The SMILES string of the molecule is Cc1cccc2cc(O)cc(C(=O)N3Cc4nc(OCC5(CN(C)C)CC5)nc(/C5=C\[C@H](C)CCC(F)CC5)c4C3)c12. The molecule has 1 aromatic heterocycles. The van der Waals surface area contributed by atoms with Crippen molar-refractivity contribution in [3.05, 3.63) is 64.5 Å². The van der Waals surface area contributed by atoms with Gasteiger partial charge in [-0.25, -0.2) is 4.39 Å². The lowest BCUT2D eigenvalue weighted by molar-refractivity contribution is 0.0751. The molecule has 0 radical (unpaired) electrons. The molecule has 2 aliphatic carbocycles. The quantitative estimate of drug-likeness (QED) is 0.351. The van der Waals surface area contributed by atoms with Crippen molar-refractivity contribution in [3.8, 4) is 11.8 Å². The van der Waals surface area contributed by atoms with E-state index >= 15 is 0 Å². The lowest BCUT2D eigenvalue weighted by Crippen LogP contribution is -2.28. The van der Waals surface area contributed by atoms with E-state index in [1.54, 1.807) is 17.0 Å². The molecule has 2 atom stereocenters. The van der Waals surface area contributed by atoms with Gasteiger partial charge in [-0.2, -0.15) is 9.97 Å². The highest BCUT2D eigenvalue weighted by molar-refractivity contribution is 6.09. The lowest BCUT2D eigenvalue weighted by Gasteiger charge is -2.21. The highest BCUT2D eigenvalue weighted by atomic mass is 19.1. The molecule has 2 heterocycles. The number of allylic oxidation sites excluding steroid dienone is 2. The van der Waals surface area contributed by atoms with Crippen molar-refractivity contribution in [3.63, 3.8) is 0 Å². The third-order valence-corrected chi connectivity index (χ3v) is 9.02. The topological polar surface area (TPSA) is 78.8 Å². The fourth-order valence-corrected chi connectivity index (χ4v) is 6.67. The molecule has 7 nitrogen and oxygen atoms in total. The zero-order chi connectivity index (χ0) is 29.6. The van der Waals surface area contributed by atoms with Crippen molar-refractivity contribution in [1.29, 1.82) is 0 Å². The van der Waals surface area contributed by atoms with Crippen LogP contribution in [0.2, 0.25) is 0 Å². The zero-order valence-corrected chi connectivity index (χ0v) is 25.1. The van der Waals surface area contributed by atoms with E-state index in [9.17, 15) is 14.3 Å². The number of phenols is 1. The molecule has 1 saturated carbocycles. The minimum absolute atomic E-state index is 0.0606. The Labute approximate surface area is 247 Å². The van der Waals surface area contributed by atoms with Crippen LogP contribution in [0.1, 0.15) is 78.3 Å². The molecule has 1 amide bonds. The highest BCUT2D eigenvalue weighted by Crippen LogP contribution is 2.46. The van der Waals surface area contributed by atoms with Crippen LogP contribution >= 0.6 is 0 Å².